The van der Waals surface area contributed by atoms with E-state index in [1.54, 1.807) is 37.5 Å². The van der Waals surface area contributed by atoms with Crippen molar-refractivity contribution >= 4 is 18.0 Å². The molecule has 2 aromatic carbocycles. The zero-order chi connectivity index (χ0) is 24.3. The van der Waals surface area contributed by atoms with Crippen molar-refractivity contribution in [3.8, 4) is 11.5 Å². The molecular formula is C26H32N2O6. The first-order valence-corrected chi connectivity index (χ1v) is 11.3. The van der Waals surface area contributed by atoms with Gasteiger partial charge in [-0.05, 0) is 48.4 Å². The summed E-state index contributed by atoms with van der Waals surface area (Å²) in [6.45, 7) is 5.77. The minimum atomic E-state index is -0.395. The van der Waals surface area contributed by atoms with E-state index in [0.717, 1.165) is 24.2 Å². The Kier molecular flexibility index (Phi) is 9.49. The number of ether oxygens (including phenoxy) is 4. The maximum Gasteiger partial charge on any atom is 0.337 e. The molecule has 0 radical (unpaired) electrons. The lowest BCUT2D eigenvalue weighted by atomic mass is 10.0. The SMILES string of the molecule is CCOc1ccc(C(CNC(=O)/C=C/c2ccc(C(=O)OC)cc2)N2CCOCC2)cc1OC. The Morgan fingerprint density at radius 3 is 2.47 bits per heavy atom. The summed E-state index contributed by atoms with van der Waals surface area (Å²) in [5.74, 6) is 0.764. The van der Waals surface area contributed by atoms with Crippen LogP contribution in [0.25, 0.3) is 6.08 Å². The quantitative estimate of drug-likeness (QED) is 0.424. The average molecular weight is 469 g/mol. The largest absolute Gasteiger partial charge is 0.493 e. The molecule has 2 aromatic rings. The zero-order valence-corrected chi connectivity index (χ0v) is 19.9. The molecule has 0 saturated carbocycles. The first-order valence-electron chi connectivity index (χ1n) is 11.3. The van der Waals surface area contributed by atoms with Gasteiger partial charge in [0, 0.05) is 25.7 Å². The van der Waals surface area contributed by atoms with Crippen LogP contribution in [0.15, 0.2) is 48.5 Å². The molecule has 8 nitrogen and oxygen atoms in total. The number of esters is 1. The Bertz CT molecular complexity index is 983. The number of nitrogens with one attached hydrogen (secondary N) is 1. The summed E-state index contributed by atoms with van der Waals surface area (Å²) in [6, 6.07) is 12.7. The van der Waals surface area contributed by atoms with E-state index in [2.05, 4.69) is 10.2 Å². The fourth-order valence-electron chi connectivity index (χ4n) is 3.79. The van der Waals surface area contributed by atoms with E-state index >= 15 is 0 Å². The molecule has 1 aliphatic rings. The monoisotopic (exact) mass is 468 g/mol. The number of carbonyl (C=O) groups excluding carboxylic acids is 2. The summed E-state index contributed by atoms with van der Waals surface area (Å²) in [4.78, 5) is 26.4. The Hall–Kier alpha value is -3.36. The number of hydrogen-bond donors (Lipinski definition) is 1. The van der Waals surface area contributed by atoms with Crippen molar-refractivity contribution in [2.75, 3.05) is 53.7 Å². The summed E-state index contributed by atoms with van der Waals surface area (Å²) in [6.07, 6.45) is 3.20. The minimum absolute atomic E-state index is 0.0369. The number of amides is 1. The Morgan fingerprint density at radius 1 is 1.09 bits per heavy atom. The third-order valence-corrected chi connectivity index (χ3v) is 5.59. The smallest absolute Gasteiger partial charge is 0.337 e. The molecule has 3 rings (SSSR count). The van der Waals surface area contributed by atoms with Gasteiger partial charge < -0.3 is 24.3 Å². The van der Waals surface area contributed by atoms with Gasteiger partial charge in [-0.3, -0.25) is 9.69 Å². The van der Waals surface area contributed by atoms with Crippen LogP contribution in [0.2, 0.25) is 0 Å². The molecule has 0 bridgehead atoms. The van der Waals surface area contributed by atoms with Crippen LogP contribution in [0, 0.1) is 0 Å². The lowest BCUT2D eigenvalue weighted by Gasteiger charge is -2.35. The maximum absolute atomic E-state index is 12.6. The van der Waals surface area contributed by atoms with Crippen molar-refractivity contribution in [1.29, 1.82) is 0 Å². The van der Waals surface area contributed by atoms with Gasteiger partial charge in [-0.25, -0.2) is 4.79 Å². The third-order valence-electron chi connectivity index (χ3n) is 5.59. The summed E-state index contributed by atoms with van der Waals surface area (Å²) >= 11 is 0. The molecule has 1 N–H and O–H groups in total. The van der Waals surface area contributed by atoms with Crippen LogP contribution in [0.1, 0.15) is 34.5 Å². The van der Waals surface area contributed by atoms with Gasteiger partial charge in [-0.2, -0.15) is 0 Å². The molecule has 0 spiro atoms. The maximum atomic E-state index is 12.6. The highest BCUT2D eigenvalue weighted by atomic mass is 16.5. The van der Waals surface area contributed by atoms with Crippen molar-refractivity contribution < 1.29 is 28.5 Å². The number of morpholine rings is 1. The van der Waals surface area contributed by atoms with Crippen LogP contribution in [-0.4, -0.2) is 70.5 Å². The second kappa shape index (κ2) is 12.8. The fraction of sp³-hybridized carbons (Fsp3) is 0.385. The summed E-state index contributed by atoms with van der Waals surface area (Å²) in [7, 11) is 2.96. The number of benzene rings is 2. The van der Waals surface area contributed by atoms with Crippen LogP contribution in [0.3, 0.4) is 0 Å². The molecule has 34 heavy (non-hydrogen) atoms. The van der Waals surface area contributed by atoms with E-state index in [1.807, 2.05) is 25.1 Å². The Labute approximate surface area is 200 Å². The minimum Gasteiger partial charge on any atom is -0.493 e. The van der Waals surface area contributed by atoms with Gasteiger partial charge in [0.2, 0.25) is 5.91 Å². The van der Waals surface area contributed by atoms with E-state index in [0.29, 0.717) is 43.4 Å². The van der Waals surface area contributed by atoms with Gasteiger partial charge in [0.15, 0.2) is 11.5 Å². The topological polar surface area (TPSA) is 86.3 Å². The predicted molar refractivity (Wildman–Crippen MR) is 129 cm³/mol. The number of methoxy groups -OCH3 is 2. The summed E-state index contributed by atoms with van der Waals surface area (Å²) in [5, 5.41) is 3.01. The second-order valence-electron chi connectivity index (χ2n) is 7.70. The Balaban J connectivity index is 1.69. The van der Waals surface area contributed by atoms with E-state index in [1.165, 1.54) is 13.2 Å². The second-order valence-corrected chi connectivity index (χ2v) is 7.70. The van der Waals surface area contributed by atoms with E-state index in [9.17, 15) is 9.59 Å². The lowest BCUT2D eigenvalue weighted by Crippen LogP contribution is -2.43. The Morgan fingerprint density at radius 2 is 1.82 bits per heavy atom. The molecule has 1 saturated heterocycles. The van der Waals surface area contributed by atoms with Crippen molar-refractivity contribution in [2.45, 2.75) is 13.0 Å². The molecule has 8 heteroatoms. The first-order chi connectivity index (χ1) is 16.5. The van der Waals surface area contributed by atoms with E-state index < -0.39 is 5.97 Å². The van der Waals surface area contributed by atoms with Gasteiger partial charge in [-0.15, -0.1) is 0 Å². The van der Waals surface area contributed by atoms with Crippen LogP contribution < -0.4 is 14.8 Å². The highest BCUT2D eigenvalue weighted by molar-refractivity contribution is 5.92. The van der Waals surface area contributed by atoms with Crippen molar-refractivity contribution in [2.24, 2.45) is 0 Å². The third kappa shape index (κ3) is 6.82. The number of nitrogens with zero attached hydrogens (tertiary/aromatic N) is 1. The molecule has 1 heterocycles. The molecule has 1 unspecified atom stereocenters. The van der Waals surface area contributed by atoms with Crippen molar-refractivity contribution in [1.82, 2.24) is 10.2 Å². The van der Waals surface area contributed by atoms with Gasteiger partial charge in [-0.1, -0.05) is 18.2 Å². The molecule has 1 aliphatic heterocycles. The van der Waals surface area contributed by atoms with Gasteiger partial charge in [0.25, 0.3) is 0 Å². The average Bonchev–Trinajstić information content (AvgIpc) is 2.88. The number of rotatable bonds is 10. The lowest BCUT2D eigenvalue weighted by molar-refractivity contribution is -0.116. The first kappa shape index (κ1) is 25.3. The van der Waals surface area contributed by atoms with E-state index in [4.69, 9.17) is 18.9 Å². The molecular weight excluding hydrogens is 436 g/mol. The van der Waals surface area contributed by atoms with Crippen LogP contribution in [0.4, 0.5) is 0 Å². The predicted octanol–water partition coefficient (Wildman–Crippen LogP) is 3.08. The van der Waals surface area contributed by atoms with Crippen LogP contribution >= 0.6 is 0 Å². The number of carbonyl (C=O) groups is 2. The fourth-order valence-corrected chi connectivity index (χ4v) is 3.79. The molecule has 182 valence electrons. The standard InChI is InChI=1S/C26H32N2O6/c1-4-34-23-11-10-21(17-24(23)31-2)22(28-13-15-33-16-14-28)18-27-25(29)12-7-19-5-8-20(9-6-19)26(30)32-3/h5-12,17,22H,4,13-16,18H2,1-3H3,(H,27,29)/b12-7+. The molecule has 0 aliphatic carbocycles. The van der Waals surface area contributed by atoms with Gasteiger partial charge >= 0.3 is 5.97 Å². The molecule has 1 amide bonds. The number of hydrogen-bond acceptors (Lipinski definition) is 7. The molecule has 1 atom stereocenters. The zero-order valence-electron chi connectivity index (χ0n) is 19.9. The van der Waals surface area contributed by atoms with Crippen molar-refractivity contribution in [3.63, 3.8) is 0 Å². The van der Waals surface area contributed by atoms with Crippen LogP contribution in [0.5, 0.6) is 11.5 Å². The summed E-state index contributed by atoms with van der Waals surface area (Å²) < 4.78 is 21.4. The van der Waals surface area contributed by atoms with Crippen LogP contribution in [-0.2, 0) is 14.3 Å². The molecule has 1 fully saturated rings. The van der Waals surface area contributed by atoms with E-state index in [-0.39, 0.29) is 11.9 Å². The molecule has 0 aromatic heterocycles. The highest BCUT2D eigenvalue weighted by Crippen LogP contribution is 2.32. The summed E-state index contributed by atoms with van der Waals surface area (Å²) in [5.41, 5.74) is 2.30. The highest BCUT2D eigenvalue weighted by Gasteiger charge is 2.24. The van der Waals surface area contributed by atoms with Crippen molar-refractivity contribution in [3.05, 3.63) is 65.2 Å². The normalized spacial score (nSPS) is 15.0. The van der Waals surface area contributed by atoms with Gasteiger partial charge in [0.1, 0.15) is 0 Å². The van der Waals surface area contributed by atoms with Gasteiger partial charge in [0.05, 0.1) is 45.6 Å².